The van der Waals surface area contributed by atoms with Gasteiger partial charge in [-0.15, -0.1) is 0 Å². The van der Waals surface area contributed by atoms with Crippen LogP contribution in [0.15, 0.2) is 11.6 Å². The lowest BCUT2D eigenvalue weighted by Gasteiger charge is -2.33. The van der Waals surface area contributed by atoms with Gasteiger partial charge in [0.05, 0.1) is 0 Å². The van der Waals surface area contributed by atoms with Crippen molar-refractivity contribution in [3.63, 3.8) is 0 Å². The van der Waals surface area contributed by atoms with Crippen molar-refractivity contribution in [3.8, 4) is 0 Å². The van der Waals surface area contributed by atoms with Crippen molar-refractivity contribution < 1.29 is 0 Å². The molecule has 0 aromatic carbocycles. The summed E-state index contributed by atoms with van der Waals surface area (Å²) in [6.45, 7) is 12.1. The van der Waals surface area contributed by atoms with Gasteiger partial charge in [0.2, 0.25) is 0 Å². The number of hydrogen-bond acceptors (Lipinski definition) is 1. The van der Waals surface area contributed by atoms with E-state index in [4.69, 9.17) is 0 Å². The number of nitrogens with zero attached hydrogens (tertiary/aromatic N) is 1. The second-order valence-electron chi connectivity index (χ2n) is 6.23. The molecule has 2 heteroatoms. The van der Waals surface area contributed by atoms with E-state index in [9.17, 15) is 0 Å². The Morgan fingerprint density at radius 2 is 1.58 bits per heavy atom. The highest BCUT2D eigenvalue weighted by Crippen LogP contribution is 2.22. The van der Waals surface area contributed by atoms with Gasteiger partial charge < -0.3 is 0 Å². The van der Waals surface area contributed by atoms with E-state index in [2.05, 4.69) is 38.7 Å². The molecule has 0 bridgehead atoms. The molecule has 0 aromatic rings. The van der Waals surface area contributed by atoms with Crippen molar-refractivity contribution in [2.45, 2.75) is 84.0 Å². The zero-order valence-corrected chi connectivity index (χ0v) is 14.9. The van der Waals surface area contributed by atoms with Gasteiger partial charge in [0.1, 0.15) is 0 Å². The summed E-state index contributed by atoms with van der Waals surface area (Å²) in [6.07, 6.45) is 9.58. The molecule has 1 atom stereocenters. The minimum absolute atomic E-state index is 0.493. The third-order valence-corrected chi connectivity index (χ3v) is 8.38. The van der Waals surface area contributed by atoms with Crippen LogP contribution in [0.4, 0.5) is 0 Å². The Kier molecular flexibility index (Phi) is 8.72. The highest BCUT2D eigenvalue weighted by molar-refractivity contribution is 6.59. The third kappa shape index (κ3) is 5.82. The minimum atomic E-state index is -0.493. The molecular weight excluding hydrogens is 246 g/mol. The summed E-state index contributed by atoms with van der Waals surface area (Å²) in [4.78, 5) is 2.76. The third-order valence-electron chi connectivity index (χ3n) is 5.02. The van der Waals surface area contributed by atoms with Crippen LogP contribution in [0.25, 0.3) is 0 Å². The number of allylic oxidation sites excluding steroid dienone is 1. The highest BCUT2D eigenvalue weighted by Gasteiger charge is 2.20. The predicted molar refractivity (Wildman–Crippen MR) is 90.8 cm³/mol. The van der Waals surface area contributed by atoms with Gasteiger partial charge >= 0.3 is 0 Å². The van der Waals surface area contributed by atoms with Crippen LogP contribution in [-0.4, -0.2) is 32.8 Å². The Hall–Kier alpha value is -0.0831. The molecule has 19 heavy (non-hydrogen) atoms. The predicted octanol–water partition coefficient (Wildman–Crippen LogP) is 4.85. The lowest BCUT2D eigenvalue weighted by Crippen LogP contribution is -2.37. The van der Waals surface area contributed by atoms with E-state index >= 15 is 0 Å². The van der Waals surface area contributed by atoms with Crippen LogP contribution in [-0.2, 0) is 0 Å². The topological polar surface area (TPSA) is 3.24 Å². The first-order chi connectivity index (χ1) is 9.22. The van der Waals surface area contributed by atoms with Gasteiger partial charge in [-0.2, -0.15) is 0 Å². The quantitative estimate of drug-likeness (QED) is 0.497. The summed E-state index contributed by atoms with van der Waals surface area (Å²) in [7, 11) is -0.493. The molecule has 1 unspecified atom stereocenters. The maximum atomic E-state index is 2.76. The molecule has 112 valence electrons. The highest BCUT2D eigenvalue weighted by atomic mass is 28.3. The molecule has 1 nitrogen and oxygen atoms in total. The fraction of sp³-hybridized carbons (Fsp3) is 0.882. The molecule has 0 amide bonds. The molecule has 0 N–H and O–H groups in total. The maximum absolute atomic E-state index is 2.76. The monoisotopic (exact) mass is 281 g/mol. The van der Waals surface area contributed by atoms with E-state index in [1.807, 2.05) is 0 Å². The number of hydrogen-bond donors (Lipinski definition) is 0. The molecule has 1 rings (SSSR count). The van der Waals surface area contributed by atoms with Crippen LogP contribution >= 0.6 is 0 Å². The normalized spacial score (nSPS) is 21.2. The summed E-state index contributed by atoms with van der Waals surface area (Å²) in [6, 6.07) is 5.05. The molecule has 0 aromatic heterocycles. The molecule has 1 fully saturated rings. The summed E-state index contributed by atoms with van der Waals surface area (Å²) < 4.78 is 0. The molecule has 1 aliphatic heterocycles. The van der Waals surface area contributed by atoms with E-state index in [1.54, 1.807) is 5.57 Å². The molecule has 1 aliphatic rings. The number of likely N-dealkylation sites (tertiary alicyclic amines) is 1. The van der Waals surface area contributed by atoms with Crippen LogP contribution in [0.5, 0.6) is 0 Å². The van der Waals surface area contributed by atoms with Crippen LogP contribution in [0, 0.1) is 0 Å². The van der Waals surface area contributed by atoms with Crippen LogP contribution in [0.3, 0.4) is 0 Å². The summed E-state index contributed by atoms with van der Waals surface area (Å²) in [5, 5.41) is 0. The lowest BCUT2D eigenvalue weighted by molar-refractivity contribution is 0.211. The first-order valence-corrected chi connectivity index (χ1v) is 11.1. The standard InChI is InChI=1S/C17H35NSi/c1-5-17(15-19(6-2)7-3)16(4)18-13-11-9-8-10-12-14-18/h5,16,19H,6-15H2,1-4H3. The molecular formula is C17H35NSi. The van der Waals surface area contributed by atoms with Crippen LogP contribution in [0.1, 0.15) is 59.8 Å². The van der Waals surface area contributed by atoms with Gasteiger partial charge in [-0.05, 0) is 45.8 Å². The van der Waals surface area contributed by atoms with Gasteiger partial charge in [0, 0.05) is 14.8 Å². The van der Waals surface area contributed by atoms with E-state index in [-0.39, 0.29) is 0 Å². The van der Waals surface area contributed by atoms with Gasteiger partial charge in [0.15, 0.2) is 0 Å². The van der Waals surface area contributed by atoms with Gasteiger partial charge in [-0.3, -0.25) is 4.90 Å². The fourth-order valence-electron chi connectivity index (χ4n) is 3.33. The largest absolute Gasteiger partial charge is 0.297 e. The Labute approximate surface area is 123 Å². The van der Waals surface area contributed by atoms with Gasteiger partial charge in [0.25, 0.3) is 0 Å². The molecule has 1 saturated heterocycles. The van der Waals surface area contributed by atoms with Gasteiger partial charge in [-0.25, -0.2) is 0 Å². The summed E-state index contributed by atoms with van der Waals surface area (Å²) in [5.74, 6) is 0. The zero-order valence-electron chi connectivity index (χ0n) is 13.8. The smallest absolute Gasteiger partial charge is 0.0404 e. The van der Waals surface area contributed by atoms with Crippen molar-refractivity contribution in [2.24, 2.45) is 0 Å². The van der Waals surface area contributed by atoms with Crippen LogP contribution in [0.2, 0.25) is 18.1 Å². The van der Waals surface area contributed by atoms with Crippen molar-refractivity contribution >= 4 is 8.80 Å². The molecule has 0 spiro atoms. The second-order valence-corrected chi connectivity index (χ2v) is 10.0. The number of rotatable bonds is 6. The fourth-order valence-corrected chi connectivity index (χ4v) is 5.73. The Morgan fingerprint density at radius 1 is 1.05 bits per heavy atom. The minimum Gasteiger partial charge on any atom is -0.297 e. The molecule has 0 saturated carbocycles. The van der Waals surface area contributed by atoms with Gasteiger partial charge in [-0.1, -0.05) is 56.8 Å². The molecule has 0 radical (unpaired) electrons. The lowest BCUT2D eigenvalue weighted by atomic mass is 10.0. The summed E-state index contributed by atoms with van der Waals surface area (Å²) >= 11 is 0. The maximum Gasteiger partial charge on any atom is 0.0404 e. The first kappa shape index (κ1) is 17.0. The van der Waals surface area contributed by atoms with E-state index in [1.165, 1.54) is 63.3 Å². The van der Waals surface area contributed by atoms with E-state index in [0.717, 1.165) is 0 Å². The average molecular weight is 282 g/mol. The first-order valence-electron chi connectivity index (χ1n) is 8.62. The van der Waals surface area contributed by atoms with Crippen molar-refractivity contribution in [2.75, 3.05) is 13.1 Å². The van der Waals surface area contributed by atoms with E-state index in [0.29, 0.717) is 6.04 Å². The Balaban J connectivity index is 2.57. The second kappa shape index (κ2) is 9.76. The molecule has 0 aliphatic carbocycles. The molecule has 1 heterocycles. The average Bonchev–Trinajstić information content (AvgIpc) is 2.39. The van der Waals surface area contributed by atoms with Crippen molar-refractivity contribution in [1.29, 1.82) is 0 Å². The van der Waals surface area contributed by atoms with Crippen molar-refractivity contribution in [1.82, 2.24) is 4.90 Å². The summed E-state index contributed by atoms with van der Waals surface area (Å²) in [5.41, 5.74) is 1.74. The zero-order chi connectivity index (χ0) is 14.1. The SMILES string of the molecule is CC=C(C[SiH](CC)CC)C(C)N1CCCCCCC1. The van der Waals surface area contributed by atoms with Crippen LogP contribution < -0.4 is 0 Å². The Morgan fingerprint density at radius 3 is 2.05 bits per heavy atom. The Bertz CT molecular complexity index is 250. The van der Waals surface area contributed by atoms with Crippen molar-refractivity contribution in [3.05, 3.63) is 11.6 Å². The van der Waals surface area contributed by atoms with E-state index < -0.39 is 8.80 Å².